The minimum atomic E-state index is 0.751. The molecule has 2 radical (unpaired) electrons. The number of rotatable bonds is 15. The maximum Gasteiger partial charge on any atom is 0.229 e. The van der Waals surface area contributed by atoms with E-state index in [2.05, 4.69) is 13.8 Å². The Morgan fingerprint density at radius 1 is 0.611 bits per heavy atom. The summed E-state index contributed by atoms with van der Waals surface area (Å²) in [6, 6.07) is 1.27. The molecular weight excluding hydrogens is 236 g/mol. The van der Waals surface area contributed by atoms with E-state index in [1.807, 2.05) is 0 Å². The quantitative estimate of drug-likeness (QED) is 0.271. The van der Waals surface area contributed by atoms with Gasteiger partial charge in [-0.05, 0) is 12.5 Å². The number of unbranched alkanes of at least 4 members (excludes halogenated alkanes) is 10. The normalized spacial score (nSPS) is 11.0. The fourth-order valence-electron chi connectivity index (χ4n) is 2.05. The third kappa shape index (κ3) is 16.2. The van der Waals surface area contributed by atoms with Gasteiger partial charge in [0, 0.05) is 6.61 Å². The van der Waals surface area contributed by atoms with Crippen molar-refractivity contribution in [2.45, 2.75) is 96.9 Å². The first kappa shape index (κ1) is 18.2. The zero-order chi connectivity index (χ0) is 13.3. The molecule has 0 amide bonds. The molecule has 2 heteroatoms. The molecule has 0 N–H and O–H groups in total. The first-order valence-corrected chi connectivity index (χ1v) is 9.38. The van der Waals surface area contributed by atoms with Gasteiger partial charge in [-0.1, -0.05) is 84.5 Å². The third-order valence-electron chi connectivity index (χ3n) is 3.33. The third-order valence-corrected chi connectivity index (χ3v) is 4.30. The fraction of sp³-hybridized carbons (Fsp3) is 1.00. The fourth-order valence-corrected chi connectivity index (χ4v) is 2.99. The van der Waals surface area contributed by atoms with Crippen LogP contribution in [0, 0.1) is 0 Å². The van der Waals surface area contributed by atoms with Crippen LogP contribution in [0.25, 0.3) is 0 Å². The van der Waals surface area contributed by atoms with E-state index in [1.54, 1.807) is 0 Å². The zero-order valence-corrected chi connectivity index (χ0v) is 13.8. The van der Waals surface area contributed by atoms with Gasteiger partial charge >= 0.3 is 0 Å². The summed E-state index contributed by atoms with van der Waals surface area (Å²) in [7, 11) is 0.751. The lowest BCUT2D eigenvalue weighted by Gasteiger charge is -2.03. The average Bonchev–Trinajstić information content (AvgIpc) is 2.39. The molecule has 0 aliphatic rings. The molecule has 0 fully saturated rings. The summed E-state index contributed by atoms with van der Waals surface area (Å²) in [4.78, 5) is 0. The Kier molecular flexibility index (Phi) is 17.3. The van der Waals surface area contributed by atoms with Crippen molar-refractivity contribution in [2.24, 2.45) is 0 Å². The van der Waals surface area contributed by atoms with E-state index in [0.29, 0.717) is 0 Å². The van der Waals surface area contributed by atoms with Gasteiger partial charge in [-0.25, -0.2) is 0 Å². The molecule has 0 aromatic heterocycles. The first-order valence-electron chi connectivity index (χ1n) is 8.26. The summed E-state index contributed by atoms with van der Waals surface area (Å²) >= 11 is 0. The highest BCUT2D eigenvalue weighted by Gasteiger charge is 1.94. The highest BCUT2D eigenvalue weighted by Crippen LogP contribution is 2.10. The molecule has 0 heterocycles. The SMILES string of the molecule is CCCCCCCCCCCCO[Si]CCCC. The molecule has 108 valence electrons. The van der Waals surface area contributed by atoms with E-state index in [-0.39, 0.29) is 0 Å². The van der Waals surface area contributed by atoms with Crippen LogP contribution >= 0.6 is 0 Å². The van der Waals surface area contributed by atoms with E-state index >= 15 is 0 Å². The molecule has 0 aromatic rings. The van der Waals surface area contributed by atoms with Crippen LogP contribution in [-0.4, -0.2) is 16.4 Å². The second-order valence-corrected chi connectivity index (χ2v) is 6.36. The van der Waals surface area contributed by atoms with Crippen LogP contribution in [0.4, 0.5) is 0 Å². The van der Waals surface area contributed by atoms with Crippen molar-refractivity contribution >= 4 is 9.76 Å². The predicted molar refractivity (Wildman–Crippen MR) is 83.3 cm³/mol. The first-order chi connectivity index (χ1) is 8.91. The van der Waals surface area contributed by atoms with Gasteiger partial charge in [0.25, 0.3) is 0 Å². The van der Waals surface area contributed by atoms with Gasteiger partial charge in [0.2, 0.25) is 9.76 Å². The maximum atomic E-state index is 5.64. The number of hydrogen-bond donors (Lipinski definition) is 0. The van der Waals surface area contributed by atoms with E-state index < -0.39 is 0 Å². The van der Waals surface area contributed by atoms with E-state index in [1.165, 1.54) is 83.1 Å². The molecule has 0 bridgehead atoms. The minimum absolute atomic E-state index is 0.751. The van der Waals surface area contributed by atoms with Crippen molar-refractivity contribution in [1.82, 2.24) is 0 Å². The Balaban J connectivity index is 2.86. The molecule has 0 saturated carbocycles. The summed E-state index contributed by atoms with van der Waals surface area (Å²) in [5.41, 5.74) is 0. The lowest BCUT2D eigenvalue weighted by molar-refractivity contribution is 0.319. The van der Waals surface area contributed by atoms with Crippen molar-refractivity contribution in [1.29, 1.82) is 0 Å². The molecule has 1 nitrogen and oxygen atoms in total. The predicted octanol–water partition coefficient (Wildman–Crippen LogP) is 5.76. The van der Waals surface area contributed by atoms with Crippen LogP contribution in [0.3, 0.4) is 0 Å². The summed E-state index contributed by atoms with van der Waals surface area (Å²) in [6.07, 6.45) is 16.7. The van der Waals surface area contributed by atoms with Crippen LogP contribution in [0.15, 0.2) is 0 Å². The van der Waals surface area contributed by atoms with E-state index in [9.17, 15) is 0 Å². The molecular formula is C16H34OSi. The molecule has 0 unspecified atom stereocenters. The van der Waals surface area contributed by atoms with E-state index in [0.717, 1.165) is 16.4 Å². The summed E-state index contributed by atoms with van der Waals surface area (Å²) in [5.74, 6) is 0. The Morgan fingerprint density at radius 2 is 1.11 bits per heavy atom. The average molecular weight is 271 g/mol. The van der Waals surface area contributed by atoms with Gasteiger partial charge in [-0.3, -0.25) is 0 Å². The van der Waals surface area contributed by atoms with Gasteiger partial charge in [0.05, 0.1) is 0 Å². The molecule has 0 aromatic carbocycles. The van der Waals surface area contributed by atoms with Gasteiger partial charge in [-0.2, -0.15) is 0 Å². The second kappa shape index (κ2) is 17.2. The zero-order valence-electron chi connectivity index (χ0n) is 12.8. The highest BCUT2D eigenvalue weighted by molar-refractivity contribution is 6.26. The molecule has 0 aliphatic heterocycles. The Hall–Kier alpha value is 0.177. The topological polar surface area (TPSA) is 9.23 Å². The summed E-state index contributed by atoms with van der Waals surface area (Å²) in [6.45, 7) is 5.52. The van der Waals surface area contributed by atoms with Crippen LogP contribution in [0.5, 0.6) is 0 Å². The highest BCUT2D eigenvalue weighted by atomic mass is 28.2. The van der Waals surface area contributed by atoms with Gasteiger partial charge in [-0.15, -0.1) is 0 Å². The molecule has 18 heavy (non-hydrogen) atoms. The smallest absolute Gasteiger partial charge is 0.229 e. The molecule has 0 rings (SSSR count). The van der Waals surface area contributed by atoms with Gasteiger partial charge < -0.3 is 4.43 Å². The van der Waals surface area contributed by atoms with Crippen molar-refractivity contribution in [3.05, 3.63) is 0 Å². The summed E-state index contributed by atoms with van der Waals surface area (Å²) in [5, 5.41) is 0. The lowest BCUT2D eigenvalue weighted by atomic mass is 10.1. The van der Waals surface area contributed by atoms with Crippen molar-refractivity contribution in [3.63, 3.8) is 0 Å². The van der Waals surface area contributed by atoms with Gasteiger partial charge in [0.15, 0.2) is 0 Å². The molecule has 0 atom stereocenters. The van der Waals surface area contributed by atoms with Crippen molar-refractivity contribution in [3.8, 4) is 0 Å². The van der Waals surface area contributed by atoms with Gasteiger partial charge in [0.1, 0.15) is 0 Å². The van der Waals surface area contributed by atoms with Crippen LogP contribution in [0.1, 0.15) is 90.9 Å². The lowest BCUT2D eigenvalue weighted by Crippen LogP contribution is -2.00. The Labute approximate surface area is 118 Å². The van der Waals surface area contributed by atoms with Crippen LogP contribution in [0.2, 0.25) is 6.04 Å². The van der Waals surface area contributed by atoms with Crippen molar-refractivity contribution in [2.75, 3.05) is 6.61 Å². The minimum Gasteiger partial charge on any atom is -0.417 e. The van der Waals surface area contributed by atoms with Crippen LogP contribution < -0.4 is 0 Å². The Morgan fingerprint density at radius 3 is 1.67 bits per heavy atom. The molecule has 0 spiro atoms. The summed E-state index contributed by atoms with van der Waals surface area (Å²) < 4.78 is 5.64. The van der Waals surface area contributed by atoms with E-state index in [4.69, 9.17) is 4.43 Å². The second-order valence-electron chi connectivity index (χ2n) is 5.28. The van der Waals surface area contributed by atoms with Crippen LogP contribution in [-0.2, 0) is 4.43 Å². The standard InChI is InChI=1S/C16H34OSi/c1-3-5-7-8-9-10-11-12-13-14-15-17-18-16-6-4-2/h3-16H2,1-2H3. The largest absolute Gasteiger partial charge is 0.417 e. The Bertz CT molecular complexity index is 123. The maximum absolute atomic E-state index is 5.64. The monoisotopic (exact) mass is 270 g/mol. The molecule has 0 saturated heterocycles. The number of hydrogen-bond acceptors (Lipinski definition) is 1. The molecule has 0 aliphatic carbocycles. The van der Waals surface area contributed by atoms with Crippen molar-refractivity contribution < 1.29 is 4.43 Å².